The predicted molar refractivity (Wildman–Crippen MR) is 206 cm³/mol. The van der Waals surface area contributed by atoms with Gasteiger partial charge in [0.25, 0.3) is 0 Å². The van der Waals surface area contributed by atoms with E-state index < -0.39 is 0 Å². The van der Waals surface area contributed by atoms with E-state index in [4.69, 9.17) is 0 Å². The minimum Gasteiger partial charge on any atom is -0.0622 e. The predicted octanol–water partition coefficient (Wildman–Crippen LogP) is 14.1. The minimum atomic E-state index is 0.121. The normalized spacial score (nSPS) is 12.0. The highest BCUT2D eigenvalue weighted by molar-refractivity contribution is 9.11. The molecule has 0 unspecified atom stereocenters. The Labute approximate surface area is 287 Å². The molecule has 0 atom stereocenters. The molecule has 8 rings (SSSR count). The van der Waals surface area contributed by atoms with Crippen LogP contribution in [0.5, 0.6) is 0 Å². The van der Waals surface area contributed by atoms with Crippen molar-refractivity contribution in [1.29, 1.82) is 0 Å². The highest BCUT2D eigenvalue weighted by atomic mass is 79.9. The van der Waals surface area contributed by atoms with Crippen molar-refractivity contribution in [2.45, 2.75) is 26.2 Å². The molecule has 0 amide bonds. The highest BCUT2D eigenvalue weighted by Crippen LogP contribution is 2.47. The van der Waals surface area contributed by atoms with E-state index in [1.807, 2.05) is 0 Å². The fourth-order valence-electron chi connectivity index (χ4n) is 6.86. The van der Waals surface area contributed by atoms with Crippen LogP contribution in [-0.2, 0) is 5.41 Å². The topological polar surface area (TPSA) is 0 Å². The van der Waals surface area contributed by atoms with Gasteiger partial charge in [0.15, 0.2) is 0 Å². The Kier molecular flexibility index (Phi) is 7.12. The lowest BCUT2D eigenvalue weighted by Crippen LogP contribution is -2.10. The summed E-state index contributed by atoms with van der Waals surface area (Å²) in [7, 11) is 0. The molecule has 0 saturated heterocycles. The van der Waals surface area contributed by atoms with Gasteiger partial charge in [0.2, 0.25) is 0 Å². The molecule has 0 aliphatic heterocycles. The molecule has 2 heteroatoms. The summed E-state index contributed by atoms with van der Waals surface area (Å²) in [6.45, 7) is 6.79. The largest absolute Gasteiger partial charge is 0.0622 e. The van der Waals surface area contributed by atoms with Gasteiger partial charge < -0.3 is 0 Å². The van der Waals surface area contributed by atoms with Crippen molar-refractivity contribution < 1.29 is 0 Å². The van der Waals surface area contributed by atoms with Gasteiger partial charge >= 0.3 is 0 Å². The number of rotatable bonds is 4. The second-order valence-corrected chi connectivity index (χ2v) is 14.9. The van der Waals surface area contributed by atoms with Gasteiger partial charge in [0.05, 0.1) is 0 Å². The molecule has 8 aromatic carbocycles. The van der Waals surface area contributed by atoms with E-state index in [-0.39, 0.29) is 5.41 Å². The Bertz CT molecular complexity index is 2360. The summed E-state index contributed by atoms with van der Waals surface area (Å²) in [5, 5.41) is 7.62. The number of hydrogen-bond acceptors (Lipinski definition) is 0. The maximum absolute atomic E-state index is 3.96. The van der Waals surface area contributed by atoms with Crippen LogP contribution in [-0.4, -0.2) is 0 Å². The lowest BCUT2D eigenvalue weighted by molar-refractivity contribution is 0.590. The Balaban J connectivity index is 1.24. The van der Waals surface area contributed by atoms with Crippen LogP contribution in [0.2, 0.25) is 0 Å². The molecule has 0 spiro atoms. The van der Waals surface area contributed by atoms with E-state index >= 15 is 0 Å². The summed E-state index contributed by atoms with van der Waals surface area (Å²) in [6, 6.07) is 51.2. The minimum absolute atomic E-state index is 0.121. The van der Waals surface area contributed by atoms with Crippen molar-refractivity contribution >= 4 is 64.2 Å². The Hall–Kier alpha value is -4.24. The maximum atomic E-state index is 3.96. The summed E-state index contributed by atoms with van der Waals surface area (Å²) < 4.78 is 2.23. The van der Waals surface area contributed by atoms with Crippen LogP contribution in [0.4, 0.5) is 0 Å². The summed E-state index contributed by atoms with van der Waals surface area (Å²) >= 11 is 7.92. The molecule has 0 nitrogen and oxygen atoms in total. The van der Waals surface area contributed by atoms with E-state index in [2.05, 4.69) is 192 Å². The lowest BCUT2D eigenvalue weighted by Gasteiger charge is -2.20. The van der Waals surface area contributed by atoms with Crippen LogP contribution >= 0.6 is 31.9 Å². The second-order valence-electron chi connectivity index (χ2n) is 13.2. The Morgan fingerprint density at radius 1 is 0.370 bits per heavy atom. The molecular weight excluding hydrogens is 688 g/mol. The third kappa shape index (κ3) is 4.96. The van der Waals surface area contributed by atoms with Gasteiger partial charge in [0, 0.05) is 8.95 Å². The summed E-state index contributed by atoms with van der Waals surface area (Å²) in [4.78, 5) is 0. The van der Waals surface area contributed by atoms with Crippen molar-refractivity contribution in [3.63, 3.8) is 0 Å². The molecule has 222 valence electrons. The van der Waals surface area contributed by atoms with E-state index in [1.165, 1.54) is 82.4 Å². The number of halogens is 2. The summed E-state index contributed by atoms with van der Waals surface area (Å²) in [5.41, 5.74) is 11.3. The van der Waals surface area contributed by atoms with Gasteiger partial charge in [-0.25, -0.2) is 0 Å². The first-order valence-corrected chi connectivity index (χ1v) is 17.3. The SMILES string of the molecule is CC(C)(C)c1ccc(-c2cc(Br)c3ccc4c(-c5ccc(-c6ccc(-c7ccccc7)cc6)cc5)cc(Br)c5ccc2c3c54)cc1. The van der Waals surface area contributed by atoms with Crippen molar-refractivity contribution in [1.82, 2.24) is 0 Å². The average molecular weight is 721 g/mol. The van der Waals surface area contributed by atoms with Crippen molar-refractivity contribution in [3.8, 4) is 44.5 Å². The smallest absolute Gasteiger partial charge is 0.0260 e. The first-order chi connectivity index (χ1) is 22.3. The van der Waals surface area contributed by atoms with Crippen LogP contribution < -0.4 is 0 Å². The zero-order valence-electron chi connectivity index (χ0n) is 26.0. The molecular formula is C44H32Br2. The molecule has 0 radical (unpaired) electrons. The fourth-order valence-corrected chi connectivity index (χ4v) is 7.98. The molecule has 0 bridgehead atoms. The first-order valence-electron chi connectivity index (χ1n) is 15.7. The van der Waals surface area contributed by atoms with Crippen LogP contribution in [0.15, 0.2) is 148 Å². The molecule has 0 aromatic heterocycles. The van der Waals surface area contributed by atoms with Gasteiger partial charge in [0.1, 0.15) is 0 Å². The zero-order valence-corrected chi connectivity index (χ0v) is 29.2. The molecule has 0 aliphatic rings. The molecule has 8 aromatic rings. The van der Waals surface area contributed by atoms with Crippen molar-refractivity contribution in [2.24, 2.45) is 0 Å². The van der Waals surface area contributed by atoms with Gasteiger partial charge in [-0.3, -0.25) is 0 Å². The van der Waals surface area contributed by atoms with Crippen LogP contribution in [0.1, 0.15) is 26.3 Å². The van der Waals surface area contributed by atoms with Crippen LogP contribution in [0.3, 0.4) is 0 Å². The first kappa shape index (κ1) is 29.2. The van der Waals surface area contributed by atoms with E-state index in [1.54, 1.807) is 0 Å². The Morgan fingerprint density at radius 3 is 1.13 bits per heavy atom. The molecule has 0 heterocycles. The van der Waals surface area contributed by atoms with E-state index in [0.29, 0.717) is 0 Å². The second kappa shape index (κ2) is 11.2. The molecule has 46 heavy (non-hydrogen) atoms. The van der Waals surface area contributed by atoms with Gasteiger partial charge in [-0.2, -0.15) is 0 Å². The van der Waals surface area contributed by atoms with Crippen molar-refractivity contribution in [3.05, 3.63) is 154 Å². The van der Waals surface area contributed by atoms with Crippen LogP contribution in [0.25, 0.3) is 76.8 Å². The molecule has 0 fully saturated rings. The Morgan fingerprint density at radius 2 is 0.717 bits per heavy atom. The van der Waals surface area contributed by atoms with Crippen LogP contribution in [0, 0.1) is 0 Å². The van der Waals surface area contributed by atoms with E-state index in [9.17, 15) is 0 Å². The van der Waals surface area contributed by atoms with Gasteiger partial charge in [-0.05, 0) is 99.9 Å². The van der Waals surface area contributed by atoms with Crippen molar-refractivity contribution in [2.75, 3.05) is 0 Å². The number of hydrogen-bond donors (Lipinski definition) is 0. The van der Waals surface area contributed by atoms with Gasteiger partial charge in [-0.15, -0.1) is 0 Å². The standard InChI is InChI=1S/C44H32Br2/c1-44(2,3)33-19-17-32(18-20-33)39-26-41(46)37-23-21-34-38(25-40(45)36-24-22-35(39)43(37)42(34)36)31-15-13-30(14-16-31)29-11-9-28(10-12-29)27-7-5-4-6-8-27/h4-26H,1-3H3. The molecule has 0 N–H and O–H groups in total. The monoisotopic (exact) mass is 718 g/mol. The third-order valence-corrected chi connectivity index (χ3v) is 10.7. The summed E-state index contributed by atoms with van der Waals surface area (Å²) in [5.74, 6) is 0. The number of benzene rings is 8. The average Bonchev–Trinajstić information content (AvgIpc) is 3.08. The molecule has 0 aliphatic carbocycles. The zero-order chi connectivity index (χ0) is 31.6. The quantitative estimate of drug-likeness (QED) is 0.159. The van der Waals surface area contributed by atoms with Gasteiger partial charge in [-0.1, -0.05) is 180 Å². The lowest BCUT2D eigenvalue weighted by atomic mass is 9.84. The maximum Gasteiger partial charge on any atom is 0.0260 e. The highest BCUT2D eigenvalue weighted by Gasteiger charge is 2.19. The van der Waals surface area contributed by atoms with E-state index in [0.717, 1.165) is 8.95 Å². The fraction of sp³-hybridized carbons (Fsp3) is 0.0909. The molecule has 0 saturated carbocycles. The summed E-state index contributed by atoms with van der Waals surface area (Å²) in [6.07, 6.45) is 0. The third-order valence-electron chi connectivity index (χ3n) is 9.38.